The van der Waals surface area contributed by atoms with E-state index in [0.717, 1.165) is 12.1 Å². The minimum absolute atomic E-state index is 0.482. The summed E-state index contributed by atoms with van der Waals surface area (Å²) in [5.74, 6) is -116. The largest absolute Gasteiger partial charge is 0.460 e. The normalized spacial score (nSPS) is 15.9. The van der Waals surface area contributed by atoms with Crippen LogP contribution in [0.4, 0.5) is 149 Å². The second kappa shape index (κ2) is 17.3. The molecule has 0 aliphatic carbocycles. The number of aromatic nitrogens is 2. The zero-order valence-corrected chi connectivity index (χ0v) is 31.5. The van der Waals surface area contributed by atoms with Crippen LogP contribution in [0, 0.1) is 0 Å². The number of alkyl halides is 34. The third kappa shape index (κ3) is 8.99. The molecule has 0 bridgehead atoms. The van der Waals surface area contributed by atoms with Crippen LogP contribution in [0.3, 0.4) is 0 Å². The summed E-state index contributed by atoms with van der Waals surface area (Å²) in [5, 5.41) is 0. The average Bonchev–Trinajstić information content (AvgIpc) is 3.16. The first-order valence-corrected chi connectivity index (χ1v) is 17.0. The summed E-state index contributed by atoms with van der Waals surface area (Å²) in [7, 11) is 0. The first-order chi connectivity index (χ1) is 29.6. The summed E-state index contributed by atoms with van der Waals surface area (Å²) in [4.78, 5) is 7.16. The Bertz CT molecular complexity index is 1920. The zero-order chi connectivity index (χ0) is 54.2. The van der Waals surface area contributed by atoms with Crippen molar-refractivity contribution in [1.29, 1.82) is 0 Å². The number of aryl methyl sites for hydroxylation is 2. The Labute approximate surface area is 353 Å². The van der Waals surface area contributed by atoms with Crippen molar-refractivity contribution in [3.63, 3.8) is 0 Å². The van der Waals surface area contributed by atoms with E-state index in [0.29, 0.717) is 24.5 Å². The molecule has 394 valence electrons. The van der Waals surface area contributed by atoms with Crippen molar-refractivity contribution in [1.82, 2.24) is 9.97 Å². The standard InChI is InChI=1S/C32H18F34N2/c33-17(34,19(37,38)21(41,42)23(45,46)25(49,50)27(53,54)29(57,58)31(61,62)63)7-1-3-13-5-9-67-15(11-13)16-12-14(6-10-68-16)4-2-8-18(35,36)20(39,40)22(43,44)24(47,48)26(51,52)28(55,56)30(59,60)32(64,65)66/h5-6,9-12H,1-4,7-8H2. The lowest BCUT2D eigenvalue weighted by Gasteiger charge is -2.42. The van der Waals surface area contributed by atoms with Crippen LogP contribution in [-0.4, -0.2) is 105 Å². The molecule has 0 spiro atoms. The fourth-order valence-corrected chi connectivity index (χ4v) is 5.28. The van der Waals surface area contributed by atoms with Gasteiger partial charge in [0.25, 0.3) is 0 Å². The van der Waals surface area contributed by atoms with Crippen LogP contribution in [0.1, 0.15) is 36.8 Å². The minimum Gasteiger partial charge on any atom is -0.255 e. The second-order valence-electron chi connectivity index (χ2n) is 14.1. The van der Waals surface area contributed by atoms with Crippen LogP contribution in [0.15, 0.2) is 36.7 Å². The molecule has 36 heteroatoms. The van der Waals surface area contributed by atoms with Crippen molar-refractivity contribution in [3.8, 4) is 11.4 Å². The predicted molar refractivity (Wildman–Crippen MR) is 155 cm³/mol. The lowest BCUT2D eigenvalue weighted by Crippen LogP contribution is -2.74. The third-order valence-electron chi connectivity index (χ3n) is 9.40. The second-order valence-corrected chi connectivity index (χ2v) is 14.1. The number of pyridine rings is 2. The lowest BCUT2D eigenvalue weighted by atomic mass is 9.87. The van der Waals surface area contributed by atoms with E-state index in [4.69, 9.17) is 0 Å². The summed E-state index contributed by atoms with van der Waals surface area (Å²) < 4.78 is 460. The quantitative estimate of drug-likeness (QED) is 0.116. The van der Waals surface area contributed by atoms with Gasteiger partial charge in [-0.25, -0.2) is 0 Å². The van der Waals surface area contributed by atoms with Crippen LogP contribution < -0.4 is 0 Å². The first-order valence-electron chi connectivity index (χ1n) is 17.0. The van der Waals surface area contributed by atoms with Gasteiger partial charge in [0, 0.05) is 25.2 Å². The van der Waals surface area contributed by atoms with E-state index in [1.807, 2.05) is 0 Å². The van der Waals surface area contributed by atoms with Gasteiger partial charge < -0.3 is 0 Å². The highest BCUT2D eigenvalue weighted by Gasteiger charge is 2.96. The van der Waals surface area contributed by atoms with E-state index in [-0.39, 0.29) is 0 Å². The molecule has 0 unspecified atom stereocenters. The van der Waals surface area contributed by atoms with E-state index in [2.05, 4.69) is 9.97 Å². The van der Waals surface area contributed by atoms with Crippen LogP contribution in [0.5, 0.6) is 0 Å². The van der Waals surface area contributed by atoms with Gasteiger partial charge in [0.15, 0.2) is 0 Å². The Morgan fingerprint density at radius 3 is 0.706 bits per heavy atom. The molecule has 2 rings (SSSR count). The van der Waals surface area contributed by atoms with Gasteiger partial charge in [-0.2, -0.15) is 149 Å². The van der Waals surface area contributed by atoms with E-state index >= 15 is 0 Å². The molecule has 0 saturated carbocycles. The molecule has 0 fully saturated rings. The maximum atomic E-state index is 14.3. The fraction of sp³-hybridized carbons (Fsp3) is 0.688. The lowest BCUT2D eigenvalue weighted by molar-refractivity contribution is -0.461. The van der Waals surface area contributed by atoms with Gasteiger partial charge in [0.05, 0.1) is 11.4 Å². The number of nitrogens with zero attached hydrogens (tertiary/aromatic N) is 2. The third-order valence-corrected chi connectivity index (χ3v) is 9.40. The molecule has 0 N–H and O–H groups in total. The summed E-state index contributed by atoms with van der Waals surface area (Å²) in [6.45, 7) is 0. The zero-order valence-electron chi connectivity index (χ0n) is 31.5. The molecule has 2 heterocycles. The molecule has 0 amide bonds. The van der Waals surface area contributed by atoms with Crippen molar-refractivity contribution in [3.05, 3.63) is 47.8 Å². The van der Waals surface area contributed by atoms with Gasteiger partial charge in [0.2, 0.25) is 0 Å². The molecule has 2 nitrogen and oxygen atoms in total. The van der Waals surface area contributed by atoms with E-state index in [1.165, 1.54) is 0 Å². The molecular formula is C32H18F34N2. The van der Waals surface area contributed by atoms with Crippen molar-refractivity contribution in [2.45, 2.75) is 134 Å². The highest BCUT2D eigenvalue weighted by Crippen LogP contribution is 2.66. The Morgan fingerprint density at radius 2 is 0.485 bits per heavy atom. The number of rotatable bonds is 21. The molecule has 0 aliphatic rings. The van der Waals surface area contributed by atoms with Gasteiger partial charge in [-0.15, -0.1) is 0 Å². The molecule has 0 aliphatic heterocycles. The first kappa shape index (κ1) is 60.0. The Morgan fingerprint density at radius 1 is 0.279 bits per heavy atom. The van der Waals surface area contributed by atoms with E-state index in [1.54, 1.807) is 0 Å². The summed E-state index contributed by atoms with van der Waals surface area (Å²) in [5.41, 5.74) is -2.11. The number of halogens is 34. The van der Waals surface area contributed by atoms with Crippen LogP contribution in [0.25, 0.3) is 11.4 Å². The van der Waals surface area contributed by atoms with Crippen molar-refractivity contribution >= 4 is 0 Å². The molecule has 0 aromatic carbocycles. The maximum Gasteiger partial charge on any atom is 0.460 e. The molecular weight excluding hydrogens is 1060 g/mol. The van der Waals surface area contributed by atoms with Crippen molar-refractivity contribution in [2.75, 3.05) is 0 Å². The highest BCUT2D eigenvalue weighted by atomic mass is 19.4. The topological polar surface area (TPSA) is 25.8 Å². The predicted octanol–water partition coefficient (Wildman–Crippen LogP) is 14.8. The smallest absolute Gasteiger partial charge is 0.255 e. The highest BCUT2D eigenvalue weighted by molar-refractivity contribution is 5.55. The summed E-state index contributed by atoms with van der Waals surface area (Å²) >= 11 is 0. The summed E-state index contributed by atoms with van der Waals surface area (Å²) in [6, 6.07) is 2.79. The van der Waals surface area contributed by atoms with Gasteiger partial charge in [0.1, 0.15) is 0 Å². The SMILES string of the molecule is FC(F)(F)C(F)(F)C(F)(F)C(F)(F)C(F)(F)C(F)(F)C(F)(F)C(F)(F)CCCc1ccnc(-c2cc(CCCC(F)(F)C(F)(F)C(F)(F)C(F)(F)C(F)(F)C(F)(F)C(F)(F)C(F)(F)F)ccn2)c1. The van der Waals surface area contributed by atoms with Crippen molar-refractivity contribution in [2.24, 2.45) is 0 Å². The Balaban J connectivity index is 2.29. The Kier molecular flexibility index (Phi) is 15.3. The van der Waals surface area contributed by atoms with Gasteiger partial charge >= 0.3 is 95.3 Å². The van der Waals surface area contributed by atoms with Crippen molar-refractivity contribution < 1.29 is 149 Å². The van der Waals surface area contributed by atoms with E-state index < -0.39 is 156 Å². The number of hydrogen-bond acceptors (Lipinski definition) is 2. The molecule has 68 heavy (non-hydrogen) atoms. The molecule has 0 saturated heterocycles. The van der Waals surface area contributed by atoms with Crippen LogP contribution >= 0.6 is 0 Å². The van der Waals surface area contributed by atoms with Gasteiger partial charge in [-0.05, 0) is 61.1 Å². The molecule has 0 radical (unpaired) electrons. The monoisotopic (exact) mass is 1080 g/mol. The Hall–Kier alpha value is -4.08. The maximum absolute atomic E-state index is 14.3. The van der Waals surface area contributed by atoms with Gasteiger partial charge in [-0.1, -0.05) is 0 Å². The average molecular weight is 1080 g/mol. The summed E-state index contributed by atoms with van der Waals surface area (Å²) in [6.07, 6.45) is -25.9. The minimum atomic E-state index is -8.86. The van der Waals surface area contributed by atoms with Gasteiger partial charge in [-0.3, -0.25) is 9.97 Å². The molecule has 2 aromatic heterocycles. The van der Waals surface area contributed by atoms with E-state index in [9.17, 15) is 149 Å². The fourth-order valence-electron chi connectivity index (χ4n) is 5.28. The molecule has 2 aromatic rings. The molecule has 0 atom stereocenters. The number of hydrogen-bond donors (Lipinski definition) is 0. The van der Waals surface area contributed by atoms with Crippen LogP contribution in [-0.2, 0) is 12.8 Å². The van der Waals surface area contributed by atoms with Crippen LogP contribution in [0.2, 0.25) is 0 Å².